The molecular weight excluding hydrogens is 1120 g/mol. The van der Waals surface area contributed by atoms with E-state index in [4.69, 9.17) is 17.1 Å². The quantitative estimate of drug-likeness (QED) is 0.152. The van der Waals surface area contributed by atoms with Gasteiger partial charge >= 0.3 is 0 Å². The average Bonchev–Trinajstić information content (AvgIpc) is 1.51. The first-order chi connectivity index (χ1) is 49.8. The van der Waals surface area contributed by atoms with Crippen LogP contribution in [0.25, 0.3) is 142 Å². The average molecular weight is 1190 g/mol. The van der Waals surface area contributed by atoms with Crippen molar-refractivity contribution in [3.63, 3.8) is 0 Å². The van der Waals surface area contributed by atoms with Crippen LogP contribution in [0.1, 0.15) is 61.6 Å². The van der Waals surface area contributed by atoms with Gasteiger partial charge in [0.2, 0.25) is 0 Å². The third-order valence-corrected chi connectivity index (χ3v) is 20.4. The van der Waals surface area contributed by atoms with E-state index in [1.165, 1.54) is 0 Å². The molecule has 0 aliphatic heterocycles. The van der Waals surface area contributed by atoms with Gasteiger partial charge in [-0.3, -0.25) is 0 Å². The summed E-state index contributed by atoms with van der Waals surface area (Å²) in [5, 5.41) is 11.9. The van der Waals surface area contributed by atoms with Crippen molar-refractivity contribution in [3.05, 3.63) is 277 Å². The van der Waals surface area contributed by atoms with Gasteiger partial charge in [-0.05, 0) is 170 Å². The highest BCUT2D eigenvalue weighted by molar-refractivity contribution is 6.33. The molecule has 0 unspecified atom stereocenters. The van der Waals surface area contributed by atoms with Gasteiger partial charge in [-0.15, -0.1) is 0 Å². The summed E-state index contributed by atoms with van der Waals surface area (Å²) in [6.07, 6.45) is 7.19. The van der Waals surface area contributed by atoms with Crippen LogP contribution >= 0.6 is 0 Å². The molecule has 6 nitrogen and oxygen atoms in total. The van der Waals surface area contributed by atoms with Crippen molar-refractivity contribution in [2.45, 2.75) is 51.4 Å². The number of aromatic nitrogens is 2. The highest BCUT2D eigenvalue weighted by Crippen LogP contribution is 2.56. The van der Waals surface area contributed by atoms with Crippen LogP contribution in [0.5, 0.6) is 0 Å². The van der Waals surface area contributed by atoms with Gasteiger partial charge in [-0.25, -0.2) is 0 Å². The van der Waals surface area contributed by atoms with E-state index in [-0.39, 0.29) is 35.3 Å². The largest absolute Gasteiger partial charge is 0.454 e. The Labute approximate surface area is 543 Å². The van der Waals surface area contributed by atoms with Crippen molar-refractivity contribution in [3.8, 4) is 22.3 Å². The van der Waals surface area contributed by atoms with E-state index in [2.05, 4.69) is 176 Å². The molecule has 6 aromatic heterocycles. The fraction of sp³-hybridized carbons (Fsp3) is 0.0930. The molecule has 0 N–H and O–H groups in total. The fourth-order valence-corrected chi connectivity index (χ4v) is 16.5. The Morgan fingerprint density at radius 1 is 0.304 bits per heavy atom. The Morgan fingerprint density at radius 2 is 0.696 bits per heavy atom. The molecular formula is C86H58N4O2. The van der Waals surface area contributed by atoms with E-state index < -0.39 is 36.3 Å². The summed E-state index contributed by atoms with van der Waals surface area (Å²) in [7, 11) is 0. The number of hydrogen-bond donors (Lipinski definition) is 0. The number of para-hydroxylation sites is 6. The summed E-state index contributed by atoms with van der Waals surface area (Å²) in [6.45, 7) is 0. The third-order valence-electron chi connectivity index (χ3n) is 20.4. The lowest BCUT2D eigenvalue weighted by atomic mass is 9.87. The Balaban J connectivity index is 0.852. The van der Waals surface area contributed by atoms with Gasteiger partial charge in [0.1, 0.15) is 11.2 Å². The molecule has 92 heavy (non-hydrogen) atoms. The second-order valence-electron chi connectivity index (χ2n) is 25.2. The molecule has 0 spiro atoms. The zero-order valence-electron chi connectivity index (χ0n) is 59.7. The molecule has 13 aromatic carbocycles. The van der Waals surface area contributed by atoms with Crippen LogP contribution in [0.15, 0.2) is 263 Å². The van der Waals surface area contributed by atoms with E-state index in [1.807, 2.05) is 36.4 Å². The molecule has 0 atom stereocenters. The third kappa shape index (κ3) is 6.98. The van der Waals surface area contributed by atoms with Crippen LogP contribution in [-0.2, 0) is 25.7 Å². The van der Waals surface area contributed by atoms with Crippen LogP contribution in [0.4, 0.5) is 34.1 Å². The topological polar surface area (TPSA) is 41.6 Å². The summed E-state index contributed by atoms with van der Waals surface area (Å²) < 4.78 is 111. The second kappa shape index (κ2) is 19.1. The summed E-state index contributed by atoms with van der Waals surface area (Å²) >= 11 is 0. The monoisotopic (exact) mass is 1190 g/mol. The van der Waals surface area contributed by atoms with Crippen LogP contribution < -0.4 is 9.80 Å². The minimum absolute atomic E-state index is 0.139. The number of nitrogens with zero attached hydrogens (tertiary/aromatic N) is 4. The van der Waals surface area contributed by atoms with Gasteiger partial charge < -0.3 is 27.4 Å². The highest BCUT2D eigenvalue weighted by atomic mass is 16.3. The molecule has 19 aromatic rings. The van der Waals surface area contributed by atoms with E-state index >= 15 is 0 Å². The normalized spacial score (nSPS) is 15.3. The Morgan fingerprint density at radius 3 is 1.14 bits per heavy atom. The predicted molar refractivity (Wildman–Crippen MR) is 384 cm³/mol. The zero-order valence-corrected chi connectivity index (χ0v) is 49.7. The van der Waals surface area contributed by atoms with Crippen molar-refractivity contribution in [1.29, 1.82) is 0 Å². The number of hydrogen-bond acceptors (Lipinski definition) is 4. The Kier molecular flexibility index (Phi) is 8.68. The minimum atomic E-state index is -0.444. The number of furan rings is 2. The summed E-state index contributed by atoms with van der Waals surface area (Å²) in [5.74, 6) is 0. The number of aryl methyl sites for hydroxylation is 4. The molecule has 0 bridgehead atoms. The maximum absolute atomic E-state index is 9.58. The molecule has 0 fully saturated rings. The minimum Gasteiger partial charge on any atom is -0.454 e. The maximum atomic E-state index is 9.58. The van der Waals surface area contributed by atoms with Gasteiger partial charge in [0, 0.05) is 75.8 Å². The van der Waals surface area contributed by atoms with Gasteiger partial charge in [0.05, 0.1) is 80.9 Å². The summed E-state index contributed by atoms with van der Waals surface area (Å²) in [6, 6.07) is 64.2. The molecule has 434 valence electrons. The lowest BCUT2D eigenvalue weighted by Crippen LogP contribution is -2.14. The molecule has 6 heterocycles. The van der Waals surface area contributed by atoms with Gasteiger partial charge in [0.25, 0.3) is 0 Å². The van der Waals surface area contributed by atoms with Crippen molar-refractivity contribution in [2.75, 3.05) is 9.80 Å². The molecule has 0 amide bonds. The smallest absolute Gasteiger partial charge is 0.159 e. The number of rotatable bonds is 8. The van der Waals surface area contributed by atoms with Crippen molar-refractivity contribution in [1.82, 2.24) is 8.80 Å². The zero-order chi connectivity index (χ0) is 68.6. The second-order valence-corrected chi connectivity index (χ2v) is 25.2. The van der Waals surface area contributed by atoms with Gasteiger partial charge in [-0.2, -0.15) is 0 Å². The Bertz CT molecular complexity index is 6470. The highest BCUT2D eigenvalue weighted by Gasteiger charge is 2.33. The van der Waals surface area contributed by atoms with Crippen LogP contribution in [0, 0.1) is 0 Å². The number of fused-ring (bicyclic) bond motifs is 20. The molecule has 2 aliphatic carbocycles. The fourth-order valence-electron chi connectivity index (χ4n) is 16.5. The molecule has 6 heteroatoms. The predicted octanol–water partition coefficient (Wildman–Crippen LogP) is 23.8. The molecule has 21 rings (SSSR count). The molecule has 0 saturated carbocycles. The van der Waals surface area contributed by atoms with Crippen molar-refractivity contribution >= 4 is 154 Å². The first-order valence-corrected chi connectivity index (χ1v) is 32.0. The lowest BCUT2D eigenvalue weighted by molar-refractivity contribution is 0.668. The van der Waals surface area contributed by atoms with Gasteiger partial charge in [-0.1, -0.05) is 170 Å². The summed E-state index contributed by atoms with van der Waals surface area (Å²) in [5.41, 5.74) is 19.1. The maximum Gasteiger partial charge on any atom is 0.159 e. The van der Waals surface area contributed by atoms with Crippen molar-refractivity contribution < 1.29 is 22.5 Å². The molecule has 0 saturated heterocycles. The Hall–Kier alpha value is -11.3. The first-order valence-electron chi connectivity index (χ1n) is 37.0. The number of anilines is 6. The van der Waals surface area contributed by atoms with Gasteiger partial charge in [0.15, 0.2) is 11.2 Å². The van der Waals surface area contributed by atoms with E-state index in [0.717, 1.165) is 205 Å². The summed E-state index contributed by atoms with van der Waals surface area (Å²) in [4.78, 5) is 4.47. The van der Waals surface area contributed by atoms with E-state index in [9.17, 15) is 5.48 Å². The van der Waals surface area contributed by atoms with Crippen LogP contribution in [0.3, 0.4) is 0 Å². The molecule has 2 aliphatic rings. The van der Waals surface area contributed by atoms with E-state index in [0.29, 0.717) is 33.7 Å². The SMILES string of the molecule is [2H]c1c([2H])c([2H])c(-c2cc3c(cc2N(c2cccc4c2oc2ccccc24)c2ccc4c5cc6c(cc5n5c7ccccc7c2c45)c2ccc(N(c4cc5c(cc4-c4c([2H])c([2H])c([2H])c([2H])c4[2H])CCCC5)c4cccc5c4oc4ccccc45)c4c5ccccc5n6c24)CCCC3)c([2H])c1[2H]. The van der Waals surface area contributed by atoms with Crippen LogP contribution in [-0.4, -0.2) is 8.80 Å². The number of benzene rings is 13. The first kappa shape index (κ1) is 41.8. The van der Waals surface area contributed by atoms with Crippen LogP contribution in [0.2, 0.25) is 0 Å². The lowest BCUT2D eigenvalue weighted by Gasteiger charge is -2.31. The van der Waals surface area contributed by atoms with E-state index in [1.54, 1.807) is 0 Å². The molecule has 0 radical (unpaired) electrons. The standard InChI is InChI=1S/C86H58N4O2/c1-3-21-51(22-4-1)65-45-53-25-7-9-27-55(53)47-75(65)87(73-37-19-33-61-57-29-13-17-39-79(57)91-85(61)73)71-43-41-59-67-49-78-68(50-77(67)89-69-35-15-11-31-63(69)81(71)83(59)89)60-42-44-72(82-64-32-12-16-36-70(64)90(78)84(60)82)88(74-38-20-34-62-58-30-14-18-40-80(58)92-86(62)74)76-48-56-28-10-8-26-54(56)46-66(76)52-23-5-2-6-24-52/h1-6,11-24,29-50H,7-10,25-28H2/i1D,2D,3D,4D,5D,6D,21D,22D,23D,24D. The van der Waals surface area contributed by atoms with Crippen molar-refractivity contribution in [2.24, 2.45) is 0 Å².